The number of benzene rings is 5. The van der Waals surface area contributed by atoms with Gasteiger partial charge in [-0.1, -0.05) is 122 Å². The van der Waals surface area contributed by atoms with Gasteiger partial charge in [0.2, 0.25) is 41.3 Å². The third kappa shape index (κ3) is 25.7. The van der Waals surface area contributed by atoms with E-state index < -0.39 is 41.7 Å². The van der Waals surface area contributed by atoms with Crippen LogP contribution >= 0.6 is 34.8 Å². The first kappa shape index (κ1) is 91.1. The van der Waals surface area contributed by atoms with Crippen LogP contribution < -0.4 is 23.7 Å². The molecule has 0 bridgehead atoms. The highest BCUT2D eigenvalue weighted by Crippen LogP contribution is 2.37. The molecular weight excluding hydrogens is 1710 g/mol. The van der Waals surface area contributed by atoms with Crippen molar-refractivity contribution >= 4 is 64.6 Å². The largest absolute Gasteiger partial charge is 0.478 e. The minimum atomic E-state index is -1.14. The maximum atomic E-state index is 13.5. The highest BCUT2D eigenvalue weighted by atomic mass is 35.5. The molecule has 1 saturated carbocycles. The van der Waals surface area contributed by atoms with Crippen molar-refractivity contribution in [3.63, 3.8) is 0 Å². The smallest absolute Gasteiger partial charge is 0.335 e. The van der Waals surface area contributed by atoms with Crippen LogP contribution in [0.3, 0.4) is 0 Å². The standard InChI is InChI=1S/C20H18ClN3O3.C19H18ClN3O3.C19H18FN3O3.C16H11ClFN3O3.C16H11F2N3O3/c21-17-5-3-14(4-6-17)12-27-19-16(9-13-1-2-13)11-23-24(19)18-10-15(20(25)26)7-8-22-18;2*1-2-3-15-11-22-23(17-10-14(19(24)25)8-9-21-17)18(15)26-12-13-4-6-16(20)7-5-13;2*17-12-3-1-10(2-4-12)9-24-15-8-13(18)20-21(15)14-7-11(16(22)23)5-6-19-14/h3-8,10-11,13H,1-2,9,12H2,(H,25,26);2*4-11H,2-3,12H2,1H3,(H,24,25);2*1-8H,9H2,(H,22,23). The van der Waals surface area contributed by atoms with Crippen LogP contribution in [-0.2, 0) is 52.3 Å². The van der Waals surface area contributed by atoms with E-state index >= 15 is 0 Å². The van der Waals surface area contributed by atoms with Gasteiger partial charge in [0.1, 0.15) is 44.7 Å². The van der Waals surface area contributed by atoms with Crippen molar-refractivity contribution in [1.29, 1.82) is 0 Å². The lowest BCUT2D eigenvalue weighted by atomic mass is 10.2. The van der Waals surface area contributed by atoms with Crippen LogP contribution in [0.25, 0.3) is 29.1 Å². The molecule has 0 spiro atoms. The molecule has 0 amide bonds. The Morgan fingerprint density at radius 2 is 0.598 bits per heavy atom. The van der Waals surface area contributed by atoms with Gasteiger partial charge in [0, 0.05) is 62.7 Å². The molecule has 1 aliphatic carbocycles. The summed E-state index contributed by atoms with van der Waals surface area (Å²) in [5.41, 5.74) is 7.55. The summed E-state index contributed by atoms with van der Waals surface area (Å²) in [4.78, 5) is 76.4. The summed E-state index contributed by atoms with van der Waals surface area (Å²) in [6, 6.07) is 49.6. The van der Waals surface area contributed by atoms with Gasteiger partial charge in [0.15, 0.2) is 29.1 Å². The van der Waals surface area contributed by atoms with Crippen LogP contribution in [0.5, 0.6) is 29.4 Å². The van der Waals surface area contributed by atoms with Crippen molar-refractivity contribution < 1.29 is 90.8 Å². The first-order chi connectivity index (χ1) is 61.3. The monoisotopic (exact) mass is 1790 g/mol. The molecule has 0 radical (unpaired) electrons. The van der Waals surface area contributed by atoms with E-state index in [-0.39, 0.29) is 82.7 Å². The number of carbonyl (C=O) groups is 5. The fourth-order valence-electron chi connectivity index (χ4n) is 11.9. The highest BCUT2D eigenvalue weighted by Gasteiger charge is 2.27. The predicted octanol–water partition coefficient (Wildman–Crippen LogP) is 18.1. The molecule has 37 heteroatoms. The number of nitrogens with zero attached hydrogens (tertiary/aromatic N) is 15. The molecule has 16 rings (SSSR count). The van der Waals surface area contributed by atoms with Gasteiger partial charge in [-0.15, -0.1) is 10.2 Å². The second-order valence-electron chi connectivity index (χ2n) is 27.9. The van der Waals surface area contributed by atoms with E-state index in [0.29, 0.717) is 74.9 Å². The third-order valence-electron chi connectivity index (χ3n) is 18.4. The minimum Gasteiger partial charge on any atom is -0.478 e. The summed E-state index contributed by atoms with van der Waals surface area (Å²) in [6.07, 6.45) is 18.9. The molecule has 5 N–H and O–H groups in total. The molecule has 0 atom stereocenters. The molecule has 1 aliphatic rings. The number of carboxylic acid groups (broad SMARTS) is 5. The summed E-state index contributed by atoms with van der Waals surface area (Å²) < 4.78 is 88.8. The second-order valence-corrected chi connectivity index (χ2v) is 29.2. The van der Waals surface area contributed by atoms with Gasteiger partial charge in [-0.3, -0.25) is 0 Å². The van der Waals surface area contributed by atoms with Gasteiger partial charge in [-0.2, -0.15) is 47.5 Å². The molecule has 0 unspecified atom stereocenters. The number of rotatable bonds is 31. The van der Waals surface area contributed by atoms with Crippen molar-refractivity contribution in [2.45, 2.75) is 91.8 Å². The number of pyridine rings is 5. The van der Waals surface area contributed by atoms with Crippen LogP contribution in [0.4, 0.5) is 17.6 Å². The average molecular weight is 1790 g/mol. The number of hydrogen-bond donors (Lipinski definition) is 5. The summed E-state index contributed by atoms with van der Waals surface area (Å²) in [5.74, 6) is -3.62. The fraction of sp³-hybridized carbons (Fsp3) is 0.167. The van der Waals surface area contributed by atoms with E-state index in [1.54, 1.807) is 59.7 Å². The van der Waals surface area contributed by atoms with Crippen LogP contribution in [0.2, 0.25) is 15.1 Å². The summed E-state index contributed by atoms with van der Waals surface area (Å²) in [7, 11) is 0. The van der Waals surface area contributed by atoms with Crippen LogP contribution in [-0.4, -0.2) is 129 Å². The van der Waals surface area contributed by atoms with Crippen molar-refractivity contribution in [2.24, 2.45) is 5.92 Å². The van der Waals surface area contributed by atoms with E-state index in [0.717, 1.165) is 92.5 Å². The van der Waals surface area contributed by atoms with Gasteiger partial charge in [0.05, 0.1) is 58.5 Å². The van der Waals surface area contributed by atoms with Crippen molar-refractivity contribution in [3.8, 4) is 58.5 Å². The number of aromatic nitrogens is 15. The lowest BCUT2D eigenvalue weighted by molar-refractivity contribution is 0.0686. The molecule has 650 valence electrons. The topological polar surface area (TPSA) is 386 Å². The Balaban J connectivity index is 0.000000144. The van der Waals surface area contributed by atoms with Crippen molar-refractivity contribution in [2.75, 3.05) is 0 Å². The van der Waals surface area contributed by atoms with Crippen molar-refractivity contribution in [1.82, 2.24) is 73.8 Å². The third-order valence-corrected chi connectivity index (χ3v) is 19.2. The van der Waals surface area contributed by atoms with Gasteiger partial charge >= 0.3 is 29.8 Å². The number of ether oxygens (including phenoxy) is 5. The summed E-state index contributed by atoms with van der Waals surface area (Å²) >= 11 is 17.7. The molecule has 127 heavy (non-hydrogen) atoms. The SMILES string of the molecule is CCCc1cnn(-c2cc(C(=O)O)ccn2)c1OCc1ccc(Cl)cc1.CCCc1cnn(-c2cc(C(=O)O)ccn2)c1OCc1ccc(F)cc1.O=C(O)c1ccnc(-n2nc(F)cc2OCc2ccc(Cl)cc2)c1.O=C(O)c1ccnc(-n2nc(F)cc2OCc2ccc(F)cc2)c1.O=C(O)c1ccnc(-n2ncc(CC3CC3)c2OCc2ccc(Cl)cc2)c1. The Bertz CT molecular complexity index is 6000. The van der Waals surface area contributed by atoms with Gasteiger partial charge in [-0.25, -0.2) is 57.7 Å². The predicted molar refractivity (Wildman–Crippen MR) is 455 cm³/mol. The normalized spacial score (nSPS) is 11.3. The quantitative estimate of drug-likeness (QED) is 0.0252. The Morgan fingerprint density at radius 3 is 0.866 bits per heavy atom. The molecule has 10 heterocycles. The van der Waals surface area contributed by atoms with Crippen LogP contribution in [0, 0.1) is 29.4 Å². The molecular formula is C90H76Cl3F4N15O15. The molecule has 5 aromatic carbocycles. The zero-order chi connectivity index (χ0) is 90.0. The van der Waals surface area contributed by atoms with Gasteiger partial charge < -0.3 is 49.2 Å². The van der Waals surface area contributed by atoms with E-state index in [1.165, 1.54) is 150 Å². The Morgan fingerprint density at radius 1 is 0.346 bits per heavy atom. The number of aromatic carboxylic acids is 5. The molecule has 30 nitrogen and oxygen atoms in total. The Kier molecular flexibility index (Phi) is 31.4. The lowest BCUT2D eigenvalue weighted by Crippen LogP contribution is -2.08. The fourth-order valence-corrected chi connectivity index (χ4v) is 12.3. The first-order valence-electron chi connectivity index (χ1n) is 38.9. The zero-order valence-corrected chi connectivity index (χ0v) is 69.6. The first-order valence-corrected chi connectivity index (χ1v) is 40.0. The van der Waals surface area contributed by atoms with Gasteiger partial charge in [0.25, 0.3) is 0 Å². The molecule has 0 aliphatic heterocycles. The Labute approximate surface area is 736 Å². The molecule has 0 saturated heterocycles. The second kappa shape index (κ2) is 43.7. The van der Waals surface area contributed by atoms with Crippen LogP contribution in [0.1, 0.15) is 136 Å². The van der Waals surface area contributed by atoms with Gasteiger partial charge in [-0.05, 0) is 187 Å². The molecule has 1 fully saturated rings. The minimum absolute atomic E-state index is 0.0135. The zero-order valence-electron chi connectivity index (χ0n) is 67.3. The summed E-state index contributed by atoms with van der Waals surface area (Å²) in [6.45, 7) is 5.29. The maximum Gasteiger partial charge on any atom is 0.335 e. The number of carboxylic acids is 5. The highest BCUT2D eigenvalue weighted by molar-refractivity contribution is 6.31. The van der Waals surface area contributed by atoms with Crippen LogP contribution in [0.15, 0.2) is 244 Å². The lowest BCUT2D eigenvalue weighted by Gasteiger charge is -2.11. The van der Waals surface area contributed by atoms with E-state index in [4.69, 9.17) is 68.7 Å². The summed E-state index contributed by atoms with van der Waals surface area (Å²) in [5, 5.41) is 67.9. The Hall–Kier alpha value is -15.2. The molecule has 15 aromatic rings. The number of aryl methyl sites for hydroxylation is 2. The number of hydrogen-bond acceptors (Lipinski definition) is 20. The maximum absolute atomic E-state index is 13.5. The van der Waals surface area contributed by atoms with E-state index in [2.05, 4.69) is 57.3 Å². The van der Waals surface area contributed by atoms with Crippen molar-refractivity contribution in [3.05, 3.63) is 355 Å². The number of halogens is 7. The average Bonchev–Trinajstić information content (AvgIpc) is 1.93. The molecule has 10 aromatic heterocycles. The van der Waals surface area contributed by atoms with E-state index in [1.807, 2.05) is 55.5 Å². The van der Waals surface area contributed by atoms with E-state index in [9.17, 15) is 56.9 Å².